The van der Waals surface area contributed by atoms with Crippen molar-refractivity contribution < 1.29 is 18.3 Å². The van der Waals surface area contributed by atoms with Gasteiger partial charge in [0.15, 0.2) is 0 Å². The molecule has 122 valence electrons. The third kappa shape index (κ3) is 3.98. The molecular formula is C14H19ClN2O4S. The molecule has 0 aromatic heterocycles. The van der Waals surface area contributed by atoms with Gasteiger partial charge in [0, 0.05) is 19.6 Å². The first-order valence-electron chi connectivity index (χ1n) is 7.06. The number of aromatic carboxylic acids is 1. The Labute approximate surface area is 135 Å². The van der Waals surface area contributed by atoms with Crippen molar-refractivity contribution >= 4 is 27.6 Å². The summed E-state index contributed by atoms with van der Waals surface area (Å²) < 4.78 is 26.5. The lowest BCUT2D eigenvalue weighted by Crippen LogP contribution is -2.36. The van der Waals surface area contributed by atoms with Crippen LogP contribution in [0.3, 0.4) is 0 Å². The summed E-state index contributed by atoms with van der Waals surface area (Å²) in [5, 5.41) is 8.74. The molecule has 1 aliphatic rings. The number of carbonyl (C=O) groups is 1. The SMILES string of the molecule is CCNS(=O)(=O)C1CCN(Cc2ccc(C(=O)O)c(Cl)c2)C1. The Morgan fingerprint density at radius 1 is 1.50 bits per heavy atom. The highest BCUT2D eigenvalue weighted by molar-refractivity contribution is 7.90. The van der Waals surface area contributed by atoms with Gasteiger partial charge in [-0.05, 0) is 30.7 Å². The van der Waals surface area contributed by atoms with Gasteiger partial charge in [-0.25, -0.2) is 17.9 Å². The standard InChI is InChI=1S/C14H19ClN2O4S/c1-2-16-22(20,21)11-5-6-17(9-11)8-10-3-4-12(14(18)19)13(15)7-10/h3-4,7,11,16H,2,5-6,8-9H2,1H3,(H,18,19). The largest absolute Gasteiger partial charge is 0.478 e. The first kappa shape index (κ1) is 17.2. The molecule has 2 rings (SSSR count). The summed E-state index contributed by atoms with van der Waals surface area (Å²) in [5.41, 5.74) is 0.941. The van der Waals surface area contributed by atoms with E-state index >= 15 is 0 Å². The molecule has 1 aromatic carbocycles. The first-order chi connectivity index (χ1) is 10.3. The summed E-state index contributed by atoms with van der Waals surface area (Å²) in [7, 11) is -3.26. The normalized spacial score (nSPS) is 19.5. The molecule has 1 atom stereocenters. The van der Waals surface area contributed by atoms with Crippen molar-refractivity contribution in [2.45, 2.75) is 25.1 Å². The number of hydrogen-bond acceptors (Lipinski definition) is 4. The smallest absolute Gasteiger partial charge is 0.337 e. The van der Waals surface area contributed by atoms with Crippen LogP contribution >= 0.6 is 11.6 Å². The molecule has 0 amide bonds. The minimum Gasteiger partial charge on any atom is -0.478 e. The highest BCUT2D eigenvalue weighted by atomic mass is 35.5. The number of benzene rings is 1. The Bertz CT molecular complexity index is 663. The van der Waals surface area contributed by atoms with Gasteiger partial charge in [0.05, 0.1) is 15.8 Å². The average Bonchev–Trinajstić information content (AvgIpc) is 2.87. The first-order valence-corrected chi connectivity index (χ1v) is 8.98. The quantitative estimate of drug-likeness (QED) is 0.816. The molecule has 6 nitrogen and oxygen atoms in total. The van der Waals surface area contributed by atoms with E-state index in [1.165, 1.54) is 6.07 Å². The summed E-state index contributed by atoms with van der Waals surface area (Å²) in [6, 6.07) is 4.81. The highest BCUT2D eigenvalue weighted by Gasteiger charge is 2.32. The molecule has 1 saturated heterocycles. The maximum absolute atomic E-state index is 12.0. The lowest BCUT2D eigenvalue weighted by atomic mass is 10.1. The maximum atomic E-state index is 12.0. The van der Waals surface area contributed by atoms with Crippen molar-refractivity contribution in [2.75, 3.05) is 19.6 Å². The van der Waals surface area contributed by atoms with Crippen LogP contribution in [-0.2, 0) is 16.6 Å². The summed E-state index contributed by atoms with van der Waals surface area (Å²) in [5.74, 6) is -1.06. The predicted molar refractivity (Wildman–Crippen MR) is 84.7 cm³/mol. The molecule has 1 unspecified atom stereocenters. The van der Waals surface area contributed by atoms with Crippen LogP contribution < -0.4 is 4.72 Å². The fourth-order valence-corrected chi connectivity index (χ4v) is 4.35. The van der Waals surface area contributed by atoms with Gasteiger partial charge in [0.1, 0.15) is 0 Å². The van der Waals surface area contributed by atoms with Crippen LogP contribution in [0.4, 0.5) is 0 Å². The topological polar surface area (TPSA) is 86.7 Å². The summed E-state index contributed by atoms with van der Waals surface area (Å²) in [6.45, 7) is 3.86. The van der Waals surface area contributed by atoms with E-state index in [9.17, 15) is 13.2 Å². The van der Waals surface area contributed by atoms with Crippen LogP contribution in [0, 0.1) is 0 Å². The molecule has 0 radical (unpaired) electrons. The maximum Gasteiger partial charge on any atom is 0.337 e. The fourth-order valence-electron chi connectivity index (χ4n) is 2.60. The Morgan fingerprint density at radius 2 is 2.23 bits per heavy atom. The molecule has 2 N–H and O–H groups in total. The number of sulfonamides is 1. The molecule has 1 aliphatic heterocycles. The number of carboxylic acids is 1. The highest BCUT2D eigenvalue weighted by Crippen LogP contribution is 2.22. The predicted octanol–water partition coefficient (Wildman–Crippen LogP) is 1.55. The third-order valence-corrected chi connectivity index (χ3v) is 5.95. The van der Waals surface area contributed by atoms with E-state index in [4.69, 9.17) is 16.7 Å². The second kappa shape index (κ2) is 6.95. The summed E-state index contributed by atoms with van der Waals surface area (Å²) in [4.78, 5) is 13.0. The number of likely N-dealkylation sites (tertiary alicyclic amines) is 1. The Balaban J connectivity index is 2.01. The number of rotatable bonds is 6. The fraction of sp³-hybridized carbons (Fsp3) is 0.500. The lowest BCUT2D eigenvalue weighted by Gasteiger charge is -2.17. The van der Waals surface area contributed by atoms with E-state index in [0.717, 1.165) is 5.56 Å². The Hall–Kier alpha value is -1.15. The van der Waals surface area contributed by atoms with Crippen molar-refractivity contribution in [1.29, 1.82) is 0 Å². The molecule has 0 saturated carbocycles. The molecule has 1 aromatic rings. The van der Waals surface area contributed by atoms with E-state index in [1.807, 2.05) is 4.90 Å². The van der Waals surface area contributed by atoms with Gasteiger partial charge in [0.25, 0.3) is 0 Å². The van der Waals surface area contributed by atoms with E-state index in [-0.39, 0.29) is 10.6 Å². The van der Waals surface area contributed by atoms with Crippen molar-refractivity contribution in [3.05, 3.63) is 34.3 Å². The van der Waals surface area contributed by atoms with E-state index in [2.05, 4.69) is 4.72 Å². The lowest BCUT2D eigenvalue weighted by molar-refractivity contribution is 0.0697. The number of nitrogens with zero attached hydrogens (tertiary/aromatic N) is 1. The zero-order valence-electron chi connectivity index (χ0n) is 12.3. The van der Waals surface area contributed by atoms with E-state index in [0.29, 0.717) is 32.6 Å². The van der Waals surface area contributed by atoms with Crippen LogP contribution in [0.1, 0.15) is 29.3 Å². The third-order valence-electron chi connectivity index (χ3n) is 3.68. The number of nitrogens with one attached hydrogen (secondary N) is 1. The van der Waals surface area contributed by atoms with Crippen molar-refractivity contribution in [3.8, 4) is 0 Å². The molecule has 0 bridgehead atoms. The van der Waals surface area contributed by atoms with Crippen LogP contribution in [0.25, 0.3) is 0 Å². The summed E-state index contributed by atoms with van der Waals surface area (Å²) in [6.07, 6.45) is 0.594. The van der Waals surface area contributed by atoms with Gasteiger partial charge < -0.3 is 5.11 Å². The number of hydrogen-bond donors (Lipinski definition) is 2. The van der Waals surface area contributed by atoms with Gasteiger partial charge in [-0.1, -0.05) is 24.6 Å². The molecule has 1 fully saturated rings. The van der Waals surface area contributed by atoms with Gasteiger partial charge in [-0.15, -0.1) is 0 Å². The van der Waals surface area contributed by atoms with Crippen LogP contribution in [0.5, 0.6) is 0 Å². The van der Waals surface area contributed by atoms with Gasteiger partial charge in [-0.2, -0.15) is 0 Å². The average molecular weight is 347 g/mol. The second-order valence-electron chi connectivity index (χ2n) is 5.31. The van der Waals surface area contributed by atoms with Crippen LogP contribution in [0.2, 0.25) is 5.02 Å². The molecule has 22 heavy (non-hydrogen) atoms. The molecule has 1 heterocycles. The number of carboxylic acid groups (broad SMARTS) is 1. The van der Waals surface area contributed by atoms with Crippen LogP contribution in [0.15, 0.2) is 18.2 Å². The molecular weight excluding hydrogens is 328 g/mol. The van der Waals surface area contributed by atoms with E-state index < -0.39 is 21.2 Å². The van der Waals surface area contributed by atoms with Crippen LogP contribution in [-0.4, -0.2) is 49.3 Å². The zero-order chi connectivity index (χ0) is 16.3. The van der Waals surface area contributed by atoms with Gasteiger partial charge in [0.2, 0.25) is 10.0 Å². The van der Waals surface area contributed by atoms with Gasteiger partial charge >= 0.3 is 5.97 Å². The molecule has 0 spiro atoms. The monoisotopic (exact) mass is 346 g/mol. The Morgan fingerprint density at radius 3 is 2.82 bits per heavy atom. The minimum atomic E-state index is -3.26. The number of halogens is 1. The zero-order valence-corrected chi connectivity index (χ0v) is 13.8. The Kier molecular flexibility index (Phi) is 5.44. The van der Waals surface area contributed by atoms with Crippen molar-refractivity contribution in [2.24, 2.45) is 0 Å². The minimum absolute atomic E-state index is 0.0689. The van der Waals surface area contributed by atoms with E-state index in [1.54, 1.807) is 19.1 Å². The molecule has 8 heteroatoms. The second-order valence-corrected chi connectivity index (χ2v) is 7.76. The van der Waals surface area contributed by atoms with Gasteiger partial charge in [-0.3, -0.25) is 4.90 Å². The van der Waals surface area contributed by atoms with Crippen molar-refractivity contribution in [1.82, 2.24) is 9.62 Å². The molecule has 0 aliphatic carbocycles. The summed E-state index contributed by atoms with van der Waals surface area (Å²) >= 11 is 5.95. The van der Waals surface area contributed by atoms with Crippen molar-refractivity contribution in [3.63, 3.8) is 0 Å².